The highest BCUT2D eigenvalue weighted by molar-refractivity contribution is 14.1. The van der Waals surface area contributed by atoms with Gasteiger partial charge >= 0.3 is 12.0 Å². The van der Waals surface area contributed by atoms with Crippen molar-refractivity contribution >= 4 is 69.1 Å². The van der Waals surface area contributed by atoms with Crippen LogP contribution in [0.2, 0.25) is 0 Å². The fourth-order valence-corrected chi connectivity index (χ4v) is 6.65. The third-order valence-electron chi connectivity index (χ3n) is 6.63. The number of nitrogens with one attached hydrogen (secondary N) is 3. The van der Waals surface area contributed by atoms with Crippen LogP contribution in [-0.4, -0.2) is 54.8 Å². The van der Waals surface area contributed by atoms with E-state index in [1.807, 2.05) is 12.1 Å². The van der Waals surface area contributed by atoms with E-state index in [2.05, 4.69) is 66.3 Å². The van der Waals surface area contributed by atoms with Gasteiger partial charge in [-0.15, -0.1) is 0 Å². The number of rotatable bonds is 14. The molecule has 0 bridgehead atoms. The fourth-order valence-electron chi connectivity index (χ4n) is 4.53. The van der Waals surface area contributed by atoms with E-state index in [9.17, 15) is 24.8 Å². The zero-order valence-electron chi connectivity index (χ0n) is 25.4. The van der Waals surface area contributed by atoms with Gasteiger partial charge in [-0.25, -0.2) is 9.59 Å². The first-order valence-corrected chi connectivity index (χ1v) is 16.2. The molecule has 1 aliphatic heterocycles. The Labute approximate surface area is 297 Å². The second kappa shape index (κ2) is 16.6. The van der Waals surface area contributed by atoms with Crippen molar-refractivity contribution in [3.8, 4) is 17.2 Å². The smallest absolute Gasteiger partial charge is 0.337 e. The molecule has 3 aromatic rings. The van der Waals surface area contributed by atoms with Crippen LogP contribution in [0.4, 0.5) is 10.5 Å². The SMILES string of the molecule is CCOc1cc([C@H]2NC(=O)NC(C)=C2C(=O)OC)ccc1OC[C@H](O)N/N=C\c1cc(I)c(OCc2cccc([N+](=O)[O-])c2)c(I)c1. The molecular weight excluding hydrogens is 840 g/mol. The normalized spacial score (nSPS) is 15.0. The summed E-state index contributed by atoms with van der Waals surface area (Å²) in [5, 5.41) is 30.9. The molecule has 0 saturated carbocycles. The van der Waals surface area contributed by atoms with Crippen LogP contribution >= 0.6 is 45.2 Å². The van der Waals surface area contributed by atoms with Crippen LogP contribution in [0, 0.1) is 17.3 Å². The molecule has 16 heteroatoms. The van der Waals surface area contributed by atoms with Crippen LogP contribution in [0.5, 0.6) is 17.2 Å². The minimum Gasteiger partial charge on any atom is -0.490 e. The summed E-state index contributed by atoms with van der Waals surface area (Å²) >= 11 is 4.28. The van der Waals surface area contributed by atoms with Gasteiger partial charge in [-0.1, -0.05) is 18.2 Å². The highest BCUT2D eigenvalue weighted by atomic mass is 127. The molecule has 2 atom stereocenters. The minimum absolute atomic E-state index is 0.00183. The second-order valence-electron chi connectivity index (χ2n) is 9.94. The van der Waals surface area contributed by atoms with Crippen LogP contribution in [-0.2, 0) is 16.1 Å². The Kier molecular flexibility index (Phi) is 12.6. The summed E-state index contributed by atoms with van der Waals surface area (Å²) in [4.78, 5) is 35.2. The lowest BCUT2D eigenvalue weighted by Gasteiger charge is -2.28. The molecule has 4 N–H and O–H groups in total. The Morgan fingerprint density at radius 3 is 2.55 bits per heavy atom. The van der Waals surface area contributed by atoms with Crippen molar-refractivity contribution in [3.63, 3.8) is 0 Å². The highest BCUT2D eigenvalue weighted by Gasteiger charge is 2.32. The molecule has 0 fully saturated rings. The lowest BCUT2D eigenvalue weighted by molar-refractivity contribution is -0.384. The molecule has 4 rings (SSSR count). The Morgan fingerprint density at radius 1 is 1.13 bits per heavy atom. The molecular formula is C31H31I2N5O9. The Morgan fingerprint density at radius 2 is 1.87 bits per heavy atom. The molecule has 2 amide bonds. The predicted octanol–water partition coefficient (Wildman–Crippen LogP) is 4.90. The topological polar surface area (TPSA) is 183 Å². The largest absolute Gasteiger partial charge is 0.490 e. The van der Waals surface area contributed by atoms with Crippen molar-refractivity contribution in [1.82, 2.24) is 16.1 Å². The highest BCUT2D eigenvalue weighted by Crippen LogP contribution is 2.35. The van der Waals surface area contributed by atoms with Gasteiger partial charge in [0.25, 0.3) is 5.69 Å². The summed E-state index contributed by atoms with van der Waals surface area (Å²) in [7, 11) is 1.27. The maximum absolute atomic E-state index is 12.5. The summed E-state index contributed by atoms with van der Waals surface area (Å²) < 4.78 is 24.0. The average molecular weight is 871 g/mol. The standard InChI is InChI=1S/C31H31I2N5O9/c1-4-45-25-13-20(28-27(30(40)44-3)17(2)35-31(41)36-28)8-9-24(25)46-16-26(39)37-34-14-19-11-22(32)29(23(33)12-19)47-15-18-6-5-7-21(10-18)38(42)43/h5-14,26,28,37,39H,4,15-16H2,1-3H3,(H2,35,36,41)/b34-14-/t26-,28+/m0/s1. The number of benzene rings is 3. The Hall–Kier alpha value is -4.17. The van der Waals surface area contributed by atoms with E-state index in [4.69, 9.17) is 18.9 Å². The number of methoxy groups -OCH3 is 1. The number of nitrogens with zero attached hydrogens (tertiary/aromatic N) is 2. The molecule has 1 heterocycles. The monoisotopic (exact) mass is 871 g/mol. The maximum atomic E-state index is 12.5. The summed E-state index contributed by atoms with van der Waals surface area (Å²) in [5.74, 6) is 0.751. The fraction of sp³-hybridized carbons (Fsp3) is 0.258. The quantitative estimate of drug-likeness (QED) is 0.0434. The molecule has 0 spiro atoms. The molecule has 3 aromatic carbocycles. The summed E-state index contributed by atoms with van der Waals surface area (Å²) in [6.45, 7) is 3.73. The summed E-state index contributed by atoms with van der Waals surface area (Å²) in [6.07, 6.45) is 0.372. The van der Waals surface area contributed by atoms with Gasteiger partial charge in [-0.3, -0.25) is 15.5 Å². The van der Waals surface area contributed by atoms with Crippen molar-refractivity contribution in [2.45, 2.75) is 32.7 Å². The third-order valence-corrected chi connectivity index (χ3v) is 8.24. The van der Waals surface area contributed by atoms with Crippen LogP contribution in [0.15, 0.2) is 71.0 Å². The minimum atomic E-state index is -1.17. The summed E-state index contributed by atoms with van der Waals surface area (Å²) in [5.41, 5.74) is 5.26. The number of ether oxygens (including phenoxy) is 4. The lowest BCUT2D eigenvalue weighted by atomic mass is 9.95. The molecule has 0 saturated heterocycles. The average Bonchev–Trinajstić information content (AvgIpc) is 3.03. The van der Waals surface area contributed by atoms with Gasteiger partial charge in [0.2, 0.25) is 0 Å². The van der Waals surface area contributed by atoms with Gasteiger partial charge in [0.05, 0.1) is 43.6 Å². The number of carbonyl (C=O) groups excluding carboxylic acids is 2. The molecule has 0 radical (unpaired) electrons. The van der Waals surface area contributed by atoms with Crippen molar-refractivity contribution in [1.29, 1.82) is 0 Å². The van der Waals surface area contributed by atoms with Crippen molar-refractivity contribution in [2.75, 3.05) is 20.3 Å². The van der Waals surface area contributed by atoms with Gasteiger partial charge < -0.3 is 34.7 Å². The van der Waals surface area contributed by atoms with E-state index >= 15 is 0 Å². The number of hydrazone groups is 1. The Balaban J connectivity index is 1.37. The number of aliphatic hydroxyl groups is 1. The van der Waals surface area contributed by atoms with Gasteiger partial charge in [-0.05, 0) is 100.0 Å². The first-order chi connectivity index (χ1) is 22.5. The van der Waals surface area contributed by atoms with Gasteiger partial charge in [0.15, 0.2) is 17.7 Å². The zero-order valence-corrected chi connectivity index (χ0v) is 29.7. The van der Waals surface area contributed by atoms with E-state index in [1.165, 1.54) is 19.2 Å². The third kappa shape index (κ3) is 9.44. The second-order valence-corrected chi connectivity index (χ2v) is 12.3. The number of nitro benzene ring substituents is 1. The number of hydrogen-bond donors (Lipinski definition) is 4. The Bertz CT molecular complexity index is 1690. The molecule has 1 aliphatic rings. The number of esters is 1. The van der Waals surface area contributed by atoms with E-state index in [0.29, 0.717) is 40.7 Å². The molecule has 14 nitrogen and oxygen atoms in total. The summed E-state index contributed by atoms with van der Waals surface area (Å²) in [6, 6.07) is 13.7. The number of hydrogen-bond acceptors (Lipinski definition) is 11. The van der Waals surface area contributed by atoms with Crippen molar-refractivity contribution in [3.05, 3.63) is 99.8 Å². The molecule has 0 aromatic heterocycles. The molecule has 47 heavy (non-hydrogen) atoms. The van der Waals surface area contributed by atoms with E-state index < -0.39 is 29.2 Å². The zero-order chi connectivity index (χ0) is 34.1. The number of allylic oxidation sites excluding steroid dienone is 1. The predicted molar refractivity (Wildman–Crippen MR) is 188 cm³/mol. The van der Waals surface area contributed by atoms with E-state index in [0.717, 1.165) is 12.7 Å². The number of nitro groups is 1. The van der Waals surface area contributed by atoms with E-state index in [-0.39, 0.29) is 24.5 Å². The first kappa shape index (κ1) is 35.7. The number of non-ortho nitro benzene ring substituents is 1. The van der Waals surface area contributed by atoms with Crippen molar-refractivity contribution < 1.29 is 38.6 Å². The molecule has 0 unspecified atom stereocenters. The van der Waals surface area contributed by atoms with E-state index in [1.54, 1.807) is 50.4 Å². The number of aliphatic hydroxyl groups excluding tert-OH is 1. The number of amides is 2. The van der Waals surface area contributed by atoms with Crippen LogP contribution < -0.4 is 30.3 Å². The maximum Gasteiger partial charge on any atom is 0.337 e. The molecule has 248 valence electrons. The van der Waals surface area contributed by atoms with Crippen LogP contribution in [0.3, 0.4) is 0 Å². The molecule has 0 aliphatic carbocycles. The van der Waals surface area contributed by atoms with Gasteiger partial charge in [0, 0.05) is 17.8 Å². The van der Waals surface area contributed by atoms with Gasteiger partial charge in [0.1, 0.15) is 19.0 Å². The van der Waals surface area contributed by atoms with Crippen LogP contribution in [0.25, 0.3) is 0 Å². The number of carbonyl (C=O) groups is 2. The van der Waals surface area contributed by atoms with Crippen molar-refractivity contribution in [2.24, 2.45) is 5.10 Å². The van der Waals surface area contributed by atoms with Crippen LogP contribution in [0.1, 0.15) is 36.6 Å². The lowest BCUT2D eigenvalue weighted by Crippen LogP contribution is -2.45. The van der Waals surface area contributed by atoms with Gasteiger partial charge in [-0.2, -0.15) is 5.10 Å². The number of urea groups is 1. The first-order valence-electron chi connectivity index (χ1n) is 14.1. The number of halogens is 2.